The number of morpholine rings is 1. The predicted octanol–water partition coefficient (Wildman–Crippen LogP) is 1.72. The van der Waals surface area contributed by atoms with E-state index in [1.165, 1.54) is 0 Å². The number of hydrogen-bond donors (Lipinski definition) is 2. The molecule has 0 amide bonds. The minimum absolute atomic E-state index is 0.0449. The molecule has 2 N–H and O–H groups in total. The van der Waals surface area contributed by atoms with Crippen molar-refractivity contribution in [3.63, 3.8) is 0 Å². The molecule has 2 rings (SSSR count). The van der Waals surface area contributed by atoms with Gasteiger partial charge in [-0.25, -0.2) is 5.21 Å². The zero-order chi connectivity index (χ0) is 13.4. The predicted molar refractivity (Wildman–Crippen MR) is 69.2 cm³/mol. The maximum atomic E-state index is 10.8. The van der Waals surface area contributed by atoms with Crippen LogP contribution in [-0.4, -0.2) is 52.9 Å². The van der Waals surface area contributed by atoms with Gasteiger partial charge in [-0.1, -0.05) is 12.2 Å². The Bertz CT molecular complexity index is 321. The van der Waals surface area contributed by atoms with Crippen molar-refractivity contribution in [2.24, 2.45) is 5.92 Å². The van der Waals surface area contributed by atoms with E-state index in [1.807, 2.05) is 13.8 Å². The van der Waals surface area contributed by atoms with E-state index in [-0.39, 0.29) is 10.7 Å². The zero-order valence-corrected chi connectivity index (χ0v) is 11.6. The molecule has 1 saturated carbocycles. The molecule has 4 nitrogen and oxygen atoms in total. The maximum absolute atomic E-state index is 10.8. The van der Waals surface area contributed by atoms with Gasteiger partial charge < -0.3 is 9.84 Å². The van der Waals surface area contributed by atoms with Gasteiger partial charge in [0.2, 0.25) is 0 Å². The zero-order valence-electron chi connectivity index (χ0n) is 11.6. The van der Waals surface area contributed by atoms with Gasteiger partial charge in [-0.15, -0.1) is 0 Å². The van der Waals surface area contributed by atoms with Crippen molar-refractivity contribution in [3.05, 3.63) is 12.2 Å². The number of rotatable bonds is 2. The topological polar surface area (TPSA) is 49.7 Å². The molecule has 1 saturated heterocycles. The highest BCUT2D eigenvalue weighted by molar-refractivity contribution is 5.03. The lowest BCUT2D eigenvalue weighted by atomic mass is 9.73. The number of aliphatic hydroxyl groups is 1. The molecule has 18 heavy (non-hydrogen) atoms. The number of hydroxylamine groups is 3. The fourth-order valence-corrected chi connectivity index (χ4v) is 3.41. The van der Waals surface area contributed by atoms with Crippen LogP contribution in [0.5, 0.6) is 0 Å². The van der Waals surface area contributed by atoms with Crippen molar-refractivity contribution in [2.75, 3.05) is 26.3 Å². The van der Waals surface area contributed by atoms with Crippen molar-refractivity contribution in [1.29, 1.82) is 0 Å². The monoisotopic (exact) mass is 256 g/mol. The first-order valence-electron chi connectivity index (χ1n) is 6.90. The Hall–Kier alpha value is -0.420. The average Bonchev–Trinajstić information content (AvgIpc) is 2.28. The van der Waals surface area contributed by atoms with Crippen LogP contribution in [0.4, 0.5) is 0 Å². The summed E-state index contributed by atoms with van der Waals surface area (Å²) in [4.78, 5) is 0. The van der Waals surface area contributed by atoms with E-state index in [0.717, 1.165) is 24.8 Å². The van der Waals surface area contributed by atoms with Crippen LogP contribution < -0.4 is 0 Å². The summed E-state index contributed by atoms with van der Waals surface area (Å²) in [6.45, 7) is 10.2. The fraction of sp³-hybridized carbons (Fsp3) is 0.857. The molecule has 3 atom stereocenters. The Morgan fingerprint density at radius 2 is 2.00 bits per heavy atom. The van der Waals surface area contributed by atoms with E-state index in [1.54, 1.807) is 0 Å². The number of hydrogen-bond acceptors (Lipinski definition) is 3. The summed E-state index contributed by atoms with van der Waals surface area (Å²) in [7, 11) is 0. The van der Waals surface area contributed by atoms with Crippen LogP contribution in [-0.2, 0) is 4.74 Å². The smallest absolute Gasteiger partial charge is 0.148 e. The molecule has 2 fully saturated rings. The maximum Gasteiger partial charge on any atom is 0.148 e. The van der Waals surface area contributed by atoms with Gasteiger partial charge in [0, 0.05) is 6.42 Å². The van der Waals surface area contributed by atoms with Crippen molar-refractivity contribution in [2.45, 2.75) is 44.8 Å². The van der Waals surface area contributed by atoms with Crippen LogP contribution >= 0.6 is 0 Å². The lowest BCUT2D eigenvalue weighted by Gasteiger charge is -2.49. The molecule has 104 valence electrons. The summed E-state index contributed by atoms with van der Waals surface area (Å²) >= 11 is 0. The SMILES string of the molecule is C=C(C)[C@@H]1CC[C@](C)(O)[C@@H]([N+]2(O)CCOCC2)C1. The van der Waals surface area contributed by atoms with Crippen molar-refractivity contribution in [3.8, 4) is 0 Å². The van der Waals surface area contributed by atoms with Crippen LogP contribution in [0, 0.1) is 5.92 Å². The first-order valence-corrected chi connectivity index (χ1v) is 6.90. The highest BCUT2D eigenvalue weighted by Gasteiger charge is 2.52. The summed E-state index contributed by atoms with van der Waals surface area (Å²) in [6.07, 6.45) is 2.52. The van der Waals surface area contributed by atoms with Gasteiger partial charge in [-0.05, 0) is 32.6 Å². The third-order valence-electron chi connectivity index (χ3n) is 4.75. The minimum Gasteiger partial charge on any atom is -0.384 e. The van der Waals surface area contributed by atoms with Crippen LogP contribution in [0.2, 0.25) is 0 Å². The summed E-state index contributed by atoms with van der Waals surface area (Å²) in [5, 5.41) is 21.4. The Labute approximate surface area is 109 Å². The van der Waals surface area contributed by atoms with E-state index in [9.17, 15) is 10.3 Å². The Kier molecular flexibility index (Phi) is 3.83. The number of ether oxygens (including phenoxy) is 1. The summed E-state index contributed by atoms with van der Waals surface area (Å²) in [5.41, 5.74) is 0.369. The molecular formula is C14H26NO3+. The van der Waals surface area contributed by atoms with Gasteiger partial charge in [0.05, 0.1) is 13.2 Å². The lowest BCUT2D eigenvalue weighted by molar-refractivity contribution is -1.13. The molecule has 0 bridgehead atoms. The van der Waals surface area contributed by atoms with E-state index in [2.05, 4.69) is 6.58 Å². The van der Waals surface area contributed by atoms with Gasteiger partial charge in [-0.3, -0.25) is 0 Å². The fourth-order valence-electron chi connectivity index (χ4n) is 3.41. The largest absolute Gasteiger partial charge is 0.384 e. The van der Waals surface area contributed by atoms with Crippen molar-refractivity contribution in [1.82, 2.24) is 0 Å². The second-order valence-corrected chi connectivity index (χ2v) is 6.24. The van der Waals surface area contributed by atoms with Crippen LogP contribution in [0.3, 0.4) is 0 Å². The highest BCUT2D eigenvalue weighted by atomic mass is 16.6. The van der Waals surface area contributed by atoms with Gasteiger partial charge in [0.1, 0.15) is 24.7 Å². The second kappa shape index (κ2) is 4.93. The molecule has 1 heterocycles. The van der Waals surface area contributed by atoms with Crippen LogP contribution in [0.25, 0.3) is 0 Å². The Balaban J connectivity index is 2.18. The quantitative estimate of drug-likeness (QED) is 0.584. The first kappa shape index (κ1) is 14.0. The van der Waals surface area contributed by atoms with Gasteiger partial charge in [0.25, 0.3) is 0 Å². The van der Waals surface area contributed by atoms with Crippen LogP contribution in [0.1, 0.15) is 33.1 Å². The molecule has 1 aliphatic carbocycles. The van der Waals surface area contributed by atoms with Gasteiger partial charge >= 0.3 is 0 Å². The van der Waals surface area contributed by atoms with Crippen molar-refractivity contribution >= 4 is 0 Å². The minimum atomic E-state index is -0.794. The standard InChI is InChI=1S/C14H26NO3/c1-11(2)12-4-5-14(3,16)13(10-12)15(17)6-8-18-9-7-15/h12-13,16-17H,1,4-10H2,2-3H3/q+1/t12-,13+,14+/m1/s1. The molecule has 0 aromatic rings. The molecule has 0 spiro atoms. The van der Waals surface area contributed by atoms with Gasteiger partial charge in [0.15, 0.2) is 0 Å². The molecule has 0 aromatic carbocycles. The second-order valence-electron chi connectivity index (χ2n) is 6.24. The van der Waals surface area contributed by atoms with E-state index in [4.69, 9.17) is 4.74 Å². The number of allylic oxidation sites excluding steroid dienone is 1. The Morgan fingerprint density at radius 1 is 1.39 bits per heavy atom. The van der Waals surface area contributed by atoms with Crippen LogP contribution in [0.15, 0.2) is 12.2 Å². The van der Waals surface area contributed by atoms with E-state index in [0.29, 0.717) is 32.2 Å². The molecule has 4 heteroatoms. The van der Waals surface area contributed by atoms with Gasteiger partial charge in [-0.2, -0.15) is 4.65 Å². The molecule has 1 aliphatic heterocycles. The molecule has 2 aliphatic rings. The third-order valence-corrected chi connectivity index (χ3v) is 4.75. The Morgan fingerprint density at radius 3 is 2.56 bits per heavy atom. The summed E-state index contributed by atoms with van der Waals surface area (Å²) in [6, 6.07) is -0.128. The molecular weight excluding hydrogens is 230 g/mol. The lowest BCUT2D eigenvalue weighted by Crippen LogP contribution is -2.67. The summed E-state index contributed by atoms with van der Waals surface area (Å²) in [5.74, 6) is 0.417. The molecule has 0 unspecified atom stereocenters. The highest BCUT2D eigenvalue weighted by Crippen LogP contribution is 2.40. The third kappa shape index (κ3) is 2.62. The normalized spacial score (nSPS) is 40.4. The molecule has 0 aromatic heterocycles. The molecule has 0 radical (unpaired) electrons. The number of nitrogens with zero attached hydrogens (tertiary/aromatic N) is 1. The van der Waals surface area contributed by atoms with E-state index < -0.39 is 5.60 Å². The average molecular weight is 256 g/mol. The van der Waals surface area contributed by atoms with Crippen molar-refractivity contribution < 1.29 is 19.7 Å². The first-order chi connectivity index (χ1) is 8.35. The van der Waals surface area contributed by atoms with E-state index >= 15 is 0 Å². The summed E-state index contributed by atoms with van der Waals surface area (Å²) < 4.78 is 5.28. The number of quaternary nitrogens is 1.